The molecule has 2 unspecified atom stereocenters. The van der Waals surface area contributed by atoms with Crippen LogP contribution in [0.25, 0.3) is 0 Å². The van der Waals surface area contributed by atoms with Crippen LogP contribution in [-0.4, -0.2) is 47.0 Å². The molecule has 8 heteroatoms. The number of nitrogens with one attached hydrogen (secondary N) is 2. The van der Waals surface area contributed by atoms with Crippen molar-refractivity contribution in [3.05, 3.63) is 47.0 Å². The zero-order valence-electron chi connectivity index (χ0n) is 15.2. The maximum absolute atomic E-state index is 6.09. The average Bonchev–Trinajstić information content (AvgIpc) is 3.10. The number of hydrogen-bond donors (Lipinski definition) is 2. The molecule has 0 bridgehead atoms. The van der Waals surface area contributed by atoms with Gasteiger partial charge in [-0.25, -0.2) is 9.67 Å². The zero-order valence-corrected chi connectivity index (χ0v) is 15.9. The number of aromatic nitrogens is 3. The second-order valence-corrected chi connectivity index (χ2v) is 6.67. The van der Waals surface area contributed by atoms with Crippen molar-refractivity contribution in [3.63, 3.8) is 0 Å². The third-order valence-corrected chi connectivity index (χ3v) is 4.65. The van der Waals surface area contributed by atoms with Gasteiger partial charge in [-0.3, -0.25) is 4.99 Å². The van der Waals surface area contributed by atoms with E-state index in [-0.39, 0.29) is 12.1 Å². The minimum absolute atomic E-state index is 0.141. The molecule has 1 aromatic carbocycles. The van der Waals surface area contributed by atoms with Crippen molar-refractivity contribution in [2.45, 2.75) is 38.5 Å². The molecule has 7 nitrogen and oxygen atoms in total. The van der Waals surface area contributed by atoms with Gasteiger partial charge in [-0.05, 0) is 31.0 Å². The number of aliphatic imine (C=N–C) groups is 1. The van der Waals surface area contributed by atoms with Crippen molar-refractivity contribution >= 4 is 17.6 Å². The Hall–Kier alpha value is -2.12. The van der Waals surface area contributed by atoms with Crippen LogP contribution < -0.4 is 10.6 Å². The van der Waals surface area contributed by atoms with Gasteiger partial charge >= 0.3 is 0 Å². The van der Waals surface area contributed by atoms with Gasteiger partial charge in [0.25, 0.3) is 0 Å². The maximum atomic E-state index is 6.09. The first-order chi connectivity index (χ1) is 12.7. The third-order valence-electron chi connectivity index (χ3n) is 4.41. The Bertz CT molecular complexity index is 747. The Kier molecular flexibility index (Phi) is 6.46. The molecule has 0 amide bonds. The molecule has 2 aromatic rings. The fourth-order valence-corrected chi connectivity index (χ4v) is 3.26. The van der Waals surface area contributed by atoms with E-state index in [9.17, 15) is 0 Å². The van der Waals surface area contributed by atoms with E-state index >= 15 is 0 Å². The summed E-state index contributed by atoms with van der Waals surface area (Å²) in [6, 6.07) is 7.97. The number of ether oxygens (including phenoxy) is 1. The molecule has 3 rings (SSSR count). The van der Waals surface area contributed by atoms with Gasteiger partial charge < -0.3 is 15.4 Å². The van der Waals surface area contributed by atoms with Crippen LogP contribution in [0, 0.1) is 0 Å². The molecule has 0 radical (unpaired) electrons. The first-order valence-electron chi connectivity index (χ1n) is 8.89. The summed E-state index contributed by atoms with van der Waals surface area (Å²) >= 11 is 6.09. The van der Waals surface area contributed by atoms with Crippen molar-refractivity contribution in [1.29, 1.82) is 0 Å². The number of hydrogen-bond acceptors (Lipinski definition) is 4. The number of halogens is 1. The van der Waals surface area contributed by atoms with Crippen LogP contribution in [0.1, 0.15) is 30.8 Å². The number of guanidine groups is 1. The minimum Gasteiger partial charge on any atom is -0.375 e. The molecule has 1 aromatic heterocycles. The molecule has 26 heavy (non-hydrogen) atoms. The van der Waals surface area contributed by atoms with Gasteiger partial charge in [0.15, 0.2) is 5.96 Å². The van der Waals surface area contributed by atoms with Crippen molar-refractivity contribution < 1.29 is 4.74 Å². The van der Waals surface area contributed by atoms with E-state index in [0.717, 1.165) is 43.3 Å². The Morgan fingerprint density at radius 1 is 1.50 bits per heavy atom. The lowest BCUT2D eigenvalue weighted by Gasteiger charge is -2.25. The predicted octanol–water partition coefficient (Wildman–Crippen LogP) is 2.19. The lowest BCUT2D eigenvalue weighted by Crippen LogP contribution is -2.47. The van der Waals surface area contributed by atoms with E-state index in [2.05, 4.69) is 27.6 Å². The molecule has 0 saturated carbocycles. The van der Waals surface area contributed by atoms with Crippen LogP contribution in [0.3, 0.4) is 0 Å². The summed E-state index contributed by atoms with van der Waals surface area (Å²) in [4.78, 5) is 8.98. The monoisotopic (exact) mass is 376 g/mol. The van der Waals surface area contributed by atoms with E-state index in [1.54, 1.807) is 13.4 Å². The van der Waals surface area contributed by atoms with Crippen LogP contribution in [0.4, 0.5) is 0 Å². The summed E-state index contributed by atoms with van der Waals surface area (Å²) in [6.07, 6.45) is 3.40. The van der Waals surface area contributed by atoms with E-state index in [1.165, 1.54) is 0 Å². The van der Waals surface area contributed by atoms with E-state index in [4.69, 9.17) is 21.3 Å². The van der Waals surface area contributed by atoms with Gasteiger partial charge in [-0.1, -0.05) is 23.7 Å². The Morgan fingerprint density at radius 2 is 2.38 bits per heavy atom. The van der Waals surface area contributed by atoms with Gasteiger partial charge in [0.05, 0.1) is 13.1 Å². The number of benzene rings is 1. The lowest BCUT2D eigenvalue weighted by atomic mass is 10.1. The summed E-state index contributed by atoms with van der Waals surface area (Å²) in [6.45, 7) is 4.15. The molecule has 1 aliphatic heterocycles. The molecule has 2 heterocycles. The molecule has 1 aliphatic rings. The largest absolute Gasteiger partial charge is 0.375 e. The summed E-state index contributed by atoms with van der Waals surface area (Å²) in [7, 11) is 1.69. The SMILES string of the molecule is CCNC(=NCC(OC)c1cccc(Cl)c1)NC1CCc2ncnn2C1. The molecule has 2 N–H and O–H groups in total. The van der Waals surface area contributed by atoms with Gasteiger partial charge in [-0.15, -0.1) is 0 Å². The second-order valence-electron chi connectivity index (χ2n) is 6.24. The molecule has 0 aliphatic carbocycles. The molecule has 0 fully saturated rings. The topological polar surface area (TPSA) is 76.4 Å². The van der Waals surface area contributed by atoms with Crippen molar-refractivity contribution in [2.75, 3.05) is 20.2 Å². The van der Waals surface area contributed by atoms with Crippen molar-refractivity contribution in [1.82, 2.24) is 25.4 Å². The minimum atomic E-state index is -0.141. The van der Waals surface area contributed by atoms with E-state index < -0.39 is 0 Å². The van der Waals surface area contributed by atoms with Crippen molar-refractivity contribution in [2.24, 2.45) is 4.99 Å². The molecule has 2 atom stereocenters. The standard InChI is InChI=1S/C18H25ClN6O/c1-3-20-18(24-15-7-8-17-22-12-23-25(17)11-15)21-10-16(26-2)13-5-4-6-14(19)9-13/h4-6,9,12,15-16H,3,7-8,10-11H2,1-2H3,(H2,20,21,24). The zero-order chi connectivity index (χ0) is 18.4. The van der Waals surface area contributed by atoms with E-state index in [1.807, 2.05) is 28.9 Å². The summed E-state index contributed by atoms with van der Waals surface area (Å²) in [5.74, 6) is 1.83. The molecule has 140 valence electrons. The number of aryl methyl sites for hydroxylation is 1. The highest BCUT2D eigenvalue weighted by atomic mass is 35.5. The Morgan fingerprint density at radius 3 is 3.15 bits per heavy atom. The summed E-state index contributed by atoms with van der Waals surface area (Å²) < 4.78 is 7.56. The predicted molar refractivity (Wildman–Crippen MR) is 102 cm³/mol. The Labute approximate surface area is 158 Å². The maximum Gasteiger partial charge on any atom is 0.191 e. The van der Waals surface area contributed by atoms with Crippen LogP contribution in [0.2, 0.25) is 5.02 Å². The average molecular weight is 377 g/mol. The number of methoxy groups -OCH3 is 1. The highest BCUT2D eigenvalue weighted by Gasteiger charge is 2.20. The van der Waals surface area contributed by atoms with Gasteiger partial charge in [0.2, 0.25) is 0 Å². The number of nitrogens with zero attached hydrogens (tertiary/aromatic N) is 4. The molecule has 0 saturated heterocycles. The smallest absolute Gasteiger partial charge is 0.191 e. The lowest BCUT2D eigenvalue weighted by molar-refractivity contribution is 0.111. The third kappa shape index (κ3) is 4.74. The van der Waals surface area contributed by atoms with Gasteiger partial charge in [0.1, 0.15) is 18.3 Å². The van der Waals surface area contributed by atoms with Crippen LogP contribution in [0.5, 0.6) is 0 Å². The Balaban J connectivity index is 1.65. The normalized spacial score (nSPS) is 18.3. The van der Waals surface area contributed by atoms with Crippen LogP contribution in [0.15, 0.2) is 35.6 Å². The van der Waals surface area contributed by atoms with E-state index in [0.29, 0.717) is 11.6 Å². The molecular weight excluding hydrogens is 352 g/mol. The first-order valence-corrected chi connectivity index (χ1v) is 9.27. The van der Waals surface area contributed by atoms with Crippen LogP contribution in [-0.2, 0) is 17.7 Å². The fourth-order valence-electron chi connectivity index (χ4n) is 3.07. The summed E-state index contributed by atoms with van der Waals surface area (Å²) in [5.41, 5.74) is 1.02. The van der Waals surface area contributed by atoms with Gasteiger partial charge in [0, 0.05) is 31.1 Å². The second kappa shape index (κ2) is 9.00. The van der Waals surface area contributed by atoms with Crippen LogP contribution >= 0.6 is 11.6 Å². The summed E-state index contributed by atoms with van der Waals surface area (Å²) in [5, 5.41) is 11.8. The number of rotatable bonds is 6. The number of fused-ring (bicyclic) bond motifs is 1. The molecule has 0 spiro atoms. The first kappa shape index (κ1) is 18.7. The quantitative estimate of drug-likeness (QED) is 0.597. The fraction of sp³-hybridized carbons (Fsp3) is 0.500. The van der Waals surface area contributed by atoms with Crippen molar-refractivity contribution in [3.8, 4) is 0 Å². The van der Waals surface area contributed by atoms with Gasteiger partial charge in [-0.2, -0.15) is 5.10 Å². The highest BCUT2D eigenvalue weighted by molar-refractivity contribution is 6.30. The highest BCUT2D eigenvalue weighted by Crippen LogP contribution is 2.20. The molecular formula is C18H25ClN6O.